The molecule has 0 bridgehead atoms. The molecule has 96 valence electrons. The van der Waals surface area contributed by atoms with Crippen molar-refractivity contribution < 1.29 is 9.26 Å². The van der Waals surface area contributed by atoms with Crippen LogP contribution in [0.15, 0.2) is 4.52 Å². The van der Waals surface area contributed by atoms with Crippen molar-refractivity contribution in [1.82, 2.24) is 10.5 Å². The lowest BCUT2D eigenvalue weighted by atomic mass is 10.00. The maximum atomic E-state index is 5.82. The summed E-state index contributed by atoms with van der Waals surface area (Å²) in [6.07, 6.45) is 1.12. The molecule has 2 heterocycles. The van der Waals surface area contributed by atoms with Crippen LogP contribution in [0, 0.1) is 0 Å². The van der Waals surface area contributed by atoms with Crippen molar-refractivity contribution in [3.8, 4) is 0 Å². The Labute approximate surface area is 103 Å². The van der Waals surface area contributed by atoms with Crippen LogP contribution in [-0.4, -0.2) is 16.8 Å². The molecule has 1 aliphatic rings. The fourth-order valence-electron chi connectivity index (χ4n) is 2.18. The second kappa shape index (κ2) is 4.42. The standard InChI is InChI=1S/C13H22N2O2/c1-8-6-11-12(9(2)16-8)10(15-17-11)7-14-13(3,4)5/h8-9,14H,6-7H2,1-5H3. The fourth-order valence-corrected chi connectivity index (χ4v) is 2.18. The van der Waals surface area contributed by atoms with Gasteiger partial charge >= 0.3 is 0 Å². The molecule has 2 unspecified atom stereocenters. The van der Waals surface area contributed by atoms with Gasteiger partial charge in [-0.15, -0.1) is 0 Å². The first-order valence-corrected chi connectivity index (χ1v) is 6.24. The predicted octanol–water partition coefficient (Wildman–Crippen LogP) is 2.58. The molecule has 4 nitrogen and oxygen atoms in total. The summed E-state index contributed by atoms with van der Waals surface area (Å²) in [7, 11) is 0. The van der Waals surface area contributed by atoms with Crippen molar-refractivity contribution in [3.63, 3.8) is 0 Å². The highest BCUT2D eigenvalue weighted by molar-refractivity contribution is 5.27. The quantitative estimate of drug-likeness (QED) is 0.860. The monoisotopic (exact) mass is 238 g/mol. The van der Waals surface area contributed by atoms with Gasteiger partial charge in [0.25, 0.3) is 0 Å². The summed E-state index contributed by atoms with van der Waals surface area (Å²) >= 11 is 0. The van der Waals surface area contributed by atoms with Gasteiger partial charge in [-0.3, -0.25) is 0 Å². The average Bonchev–Trinajstić information content (AvgIpc) is 2.56. The van der Waals surface area contributed by atoms with E-state index >= 15 is 0 Å². The number of nitrogens with one attached hydrogen (secondary N) is 1. The third-order valence-corrected chi connectivity index (χ3v) is 2.98. The van der Waals surface area contributed by atoms with E-state index < -0.39 is 0 Å². The molecule has 1 aromatic rings. The molecule has 1 N–H and O–H groups in total. The second-order valence-electron chi connectivity index (χ2n) is 5.86. The first-order chi connectivity index (χ1) is 7.87. The molecule has 4 heteroatoms. The number of ether oxygens (including phenoxy) is 1. The zero-order chi connectivity index (χ0) is 12.6. The van der Waals surface area contributed by atoms with Gasteiger partial charge in [-0.2, -0.15) is 0 Å². The number of aromatic nitrogens is 1. The van der Waals surface area contributed by atoms with E-state index in [-0.39, 0.29) is 17.7 Å². The molecule has 0 fully saturated rings. The van der Waals surface area contributed by atoms with E-state index in [0.29, 0.717) is 0 Å². The number of hydrogen-bond donors (Lipinski definition) is 1. The van der Waals surface area contributed by atoms with E-state index in [1.165, 1.54) is 0 Å². The molecular formula is C13H22N2O2. The molecule has 0 aromatic carbocycles. The Balaban J connectivity index is 2.15. The molecule has 0 aliphatic carbocycles. The Morgan fingerprint density at radius 3 is 2.71 bits per heavy atom. The van der Waals surface area contributed by atoms with E-state index in [4.69, 9.17) is 9.26 Å². The summed E-state index contributed by atoms with van der Waals surface area (Å²) in [6, 6.07) is 0. The van der Waals surface area contributed by atoms with Crippen LogP contribution in [0.4, 0.5) is 0 Å². The van der Waals surface area contributed by atoms with E-state index in [1.54, 1.807) is 0 Å². The summed E-state index contributed by atoms with van der Waals surface area (Å²) in [5.74, 6) is 0.988. The van der Waals surface area contributed by atoms with Crippen molar-refractivity contribution >= 4 is 0 Å². The van der Waals surface area contributed by atoms with Gasteiger partial charge in [0, 0.05) is 24.1 Å². The maximum absolute atomic E-state index is 5.82. The molecule has 2 atom stereocenters. The lowest BCUT2D eigenvalue weighted by Gasteiger charge is -2.25. The smallest absolute Gasteiger partial charge is 0.145 e. The van der Waals surface area contributed by atoms with Crippen LogP contribution in [-0.2, 0) is 17.7 Å². The predicted molar refractivity (Wildman–Crippen MR) is 65.8 cm³/mol. The summed E-state index contributed by atoms with van der Waals surface area (Å²) in [5, 5.41) is 7.60. The van der Waals surface area contributed by atoms with E-state index in [1.807, 2.05) is 0 Å². The number of fused-ring (bicyclic) bond motifs is 1. The van der Waals surface area contributed by atoms with Crippen molar-refractivity contribution in [2.24, 2.45) is 0 Å². The topological polar surface area (TPSA) is 47.3 Å². The Hall–Kier alpha value is -0.870. The first-order valence-electron chi connectivity index (χ1n) is 6.24. The fraction of sp³-hybridized carbons (Fsp3) is 0.769. The van der Waals surface area contributed by atoms with Crippen molar-refractivity contribution in [2.75, 3.05) is 0 Å². The van der Waals surface area contributed by atoms with Gasteiger partial charge in [-0.25, -0.2) is 0 Å². The lowest BCUT2D eigenvalue weighted by Crippen LogP contribution is -2.35. The molecule has 0 amide bonds. The largest absolute Gasteiger partial charge is 0.370 e. The Morgan fingerprint density at radius 1 is 1.35 bits per heavy atom. The molecule has 0 radical (unpaired) electrons. The minimum Gasteiger partial charge on any atom is -0.370 e. The van der Waals surface area contributed by atoms with Crippen LogP contribution in [0.5, 0.6) is 0 Å². The van der Waals surface area contributed by atoms with Gasteiger partial charge < -0.3 is 14.6 Å². The summed E-state index contributed by atoms with van der Waals surface area (Å²) in [6.45, 7) is 11.3. The highest BCUT2D eigenvalue weighted by Gasteiger charge is 2.29. The van der Waals surface area contributed by atoms with E-state index in [2.05, 4.69) is 45.1 Å². The van der Waals surface area contributed by atoms with Gasteiger partial charge in [0.1, 0.15) is 11.5 Å². The Morgan fingerprint density at radius 2 is 2.06 bits per heavy atom. The molecule has 2 rings (SSSR count). The summed E-state index contributed by atoms with van der Waals surface area (Å²) < 4.78 is 11.2. The summed E-state index contributed by atoms with van der Waals surface area (Å²) in [5.41, 5.74) is 2.20. The van der Waals surface area contributed by atoms with Crippen LogP contribution in [0.25, 0.3) is 0 Å². The molecule has 1 aliphatic heterocycles. The highest BCUT2D eigenvalue weighted by Crippen LogP contribution is 2.32. The highest BCUT2D eigenvalue weighted by atomic mass is 16.5. The molecule has 0 saturated carbocycles. The van der Waals surface area contributed by atoms with Crippen LogP contribution >= 0.6 is 0 Å². The van der Waals surface area contributed by atoms with Crippen LogP contribution < -0.4 is 5.32 Å². The third kappa shape index (κ3) is 2.87. The minimum absolute atomic E-state index is 0.0803. The van der Waals surface area contributed by atoms with E-state index in [0.717, 1.165) is 30.0 Å². The SMILES string of the molecule is CC1Cc2onc(CNC(C)(C)C)c2C(C)O1. The van der Waals surface area contributed by atoms with E-state index in [9.17, 15) is 0 Å². The molecule has 0 spiro atoms. The van der Waals surface area contributed by atoms with Crippen LogP contribution in [0.2, 0.25) is 0 Å². The zero-order valence-corrected chi connectivity index (χ0v) is 11.3. The lowest BCUT2D eigenvalue weighted by molar-refractivity contribution is -0.0102. The minimum atomic E-state index is 0.0803. The molecule has 0 saturated heterocycles. The normalized spacial score (nSPS) is 24.8. The van der Waals surface area contributed by atoms with Gasteiger partial charge in [0.2, 0.25) is 0 Å². The molecular weight excluding hydrogens is 216 g/mol. The van der Waals surface area contributed by atoms with Gasteiger partial charge in [-0.05, 0) is 34.6 Å². The van der Waals surface area contributed by atoms with Crippen LogP contribution in [0.1, 0.15) is 57.7 Å². The molecule has 1 aromatic heterocycles. The van der Waals surface area contributed by atoms with Gasteiger partial charge in [0.05, 0.1) is 12.2 Å². The van der Waals surface area contributed by atoms with Crippen LogP contribution in [0.3, 0.4) is 0 Å². The van der Waals surface area contributed by atoms with Crippen molar-refractivity contribution in [1.29, 1.82) is 0 Å². The third-order valence-electron chi connectivity index (χ3n) is 2.98. The number of nitrogens with zero attached hydrogens (tertiary/aromatic N) is 1. The Kier molecular flexibility index (Phi) is 3.27. The van der Waals surface area contributed by atoms with Crippen molar-refractivity contribution in [2.45, 2.75) is 65.3 Å². The maximum Gasteiger partial charge on any atom is 0.145 e. The van der Waals surface area contributed by atoms with Gasteiger partial charge in [-0.1, -0.05) is 5.16 Å². The second-order valence-corrected chi connectivity index (χ2v) is 5.86. The number of hydrogen-bond acceptors (Lipinski definition) is 4. The first kappa shape index (κ1) is 12.6. The van der Waals surface area contributed by atoms with Gasteiger partial charge in [0.15, 0.2) is 0 Å². The average molecular weight is 238 g/mol. The zero-order valence-electron chi connectivity index (χ0n) is 11.3. The Bertz CT molecular complexity index is 393. The van der Waals surface area contributed by atoms with Crippen molar-refractivity contribution in [3.05, 3.63) is 17.0 Å². The summed E-state index contributed by atoms with van der Waals surface area (Å²) in [4.78, 5) is 0. The molecule has 17 heavy (non-hydrogen) atoms. The number of rotatable bonds is 2.